The van der Waals surface area contributed by atoms with E-state index in [1.54, 1.807) is 0 Å². The Hall–Kier alpha value is -0.0900. The highest BCUT2D eigenvalue weighted by molar-refractivity contribution is 7.80. The maximum Gasteiger partial charge on any atom is 0.0188 e. The third-order valence-electron chi connectivity index (χ3n) is 0.529. The van der Waals surface area contributed by atoms with Crippen LogP contribution < -0.4 is 0 Å². The van der Waals surface area contributed by atoms with Gasteiger partial charge in [0.1, 0.15) is 0 Å². The Morgan fingerprint density at radius 3 is 2.57 bits per heavy atom. The first-order chi connectivity index (χ1) is 3.41. The van der Waals surface area contributed by atoms with Crippen molar-refractivity contribution in [3.63, 3.8) is 0 Å². The summed E-state index contributed by atoms with van der Waals surface area (Å²) in [5, 5.41) is 0. The number of rotatable bonds is 1. The second-order valence-corrected chi connectivity index (χ2v) is 1.57. The van der Waals surface area contributed by atoms with E-state index in [1.165, 1.54) is 0 Å². The maximum absolute atomic E-state index is 4.66. The molecule has 1 radical (unpaired) electrons. The van der Waals surface area contributed by atoms with Crippen LogP contribution in [-0.4, -0.2) is 5.75 Å². The molecular weight excluding hydrogens is 104 g/mol. The van der Waals surface area contributed by atoms with Crippen LogP contribution in [0.15, 0.2) is 0 Å². The van der Waals surface area contributed by atoms with Crippen molar-refractivity contribution < 1.29 is 0 Å². The van der Waals surface area contributed by atoms with Crippen molar-refractivity contribution in [1.29, 1.82) is 0 Å². The Labute approximate surface area is 50.7 Å². The van der Waals surface area contributed by atoms with E-state index < -0.39 is 0 Å². The minimum Gasteiger partial charge on any atom is -0.104 e. The molecule has 0 aromatic carbocycles. The van der Waals surface area contributed by atoms with Gasteiger partial charge < -0.3 is 0 Å². The fourth-order valence-electron chi connectivity index (χ4n) is 0.264. The molecule has 0 rings (SSSR count). The van der Waals surface area contributed by atoms with Crippen molar-refractivity contribution in [2.75, 3.05) is 5.75 Å². The third-order valence-corrected chi connectivity index (χ3v) is 0.733. The topological polar surface area (TPSA) is 0 Å². The molecule has 0 fully saturated rings. The van der Waals surface area contributed by atoms with E-state index in [1.807, 2.05) is 6.92 Å². The molecule has 0 atom stereocenters. The maximum atomic E-state index is 4.66. The molecule has 39 valence electrons. The summed E-state index contributed by atoms with van der Waals surface area (Å²) in [6.07, 6.45) is 1.83. The zero-order chi connectivity index (χ0) is 5.54. The van der Waals surface area contributed by atoms with E-state index in [0.717, 1.165) is 18.6 Å². The molecular formula is C6H9S. The van der Waals surface area contributed by atoms with Crippen LogP contribution in [0.4, 0.5) is 0 Å². The minimum atomic E-state index is 0.771. The van der Waals surface area contributed by atoms with Crippen molar-refractivity contribution in [3.05, 3.63) is 0 Å². The molecule has 7 heavy (non-hydrogen) atoms. The summed E-state index contributed by atoms with van der Waals surface area (Å²) in [5.41, 5.74) is 0. The van der Waals surface area contributed by atoms with E-state index in [2.05, 4.69) is 24.5 Å². The van der Waals surface area contributed by atoms with Gasteiger partial charge in [-0.15, -0.1) is 11.8 Å². The quantitative estimate of drug-likeness (QED) is 0.456. The SMILES string of the molecule is CCC#CCC[S]. The average Bonchev–Trinajstić information content (AvgIpc) is 1.69. The fourth-order valence-corrected chi connectivity index (χ4v) is 0.366. The van der Waals surface area contributed by atoms with Gasteiger partial charge in [0.05, 0.1) is 0 Å². The van der Waals surface area contributed by atoms with Crippen LogP contribution in [-0.2, 0) is 0 Å². The zero-order valence-electron chi connectivity index (χ0n) is 4.53. The molecule has 0 N–H and O–H groups in total. The van der Waals surface area contributed by atoms with Gasteiger partial charge >= 0.3 is 0 Å². The van der Waals surface area contributed by atoms with Crippen LogP contribution in [0, 0.1) is 11.8 Å². The van der Waals surface area contributed by atoms with Crippen LogP contribution >= 0.6 is 12.6 Å². The molecule has 0 bridgehead atoms. The predicted octanol–water partition coefficient (Wildman–Crippen LogP) is 1.99. The number of hydrogen-bond acceptors (Lipinski definition) is 0. The Morgan fingerprint density at radius 1 is 1.43 bits per heavy atom. The lowest BCUT2D eigenvalue weighted by molar-refractivity contribution is 1.25. The van der Waals surface area contributed by atoms with Crippen LogP contribution in [0.2, 0.25) is 0 Å². The highest BCUT2D eigenvalue weighted by Gasteiger charge is 1.67. The summed E-state index contributed by atoms with van der Waals surface area (Å²) in [6.45, 7) is 2.04. The standard InChI is InChI=1S/C6H9S/c1-2-3-4-5-6-7/h2,5-6H2,1H3. The molecule has 0 aliphatic rings. The van der Waals surface area contributed by atoms with Crippen molar-refractivity contribution >= 4 is 12.6 Å². The van der Waals surface area contributed by atoms with E-state index in [9.17, 15) is 0 Å². The van der Waals surface area contributed by atoms with Crippen molar-refractivity contribution in [3.8, 4) is 11.8 Å². The van der Waals surface area contributed by atoms with Crippen LogP contribution in [0.1, 0.15) is 19.8 Å². The summed E-state index contributed by atoms with van der Waals surface area (Å²) in [4.78, 5) is 0. The summed E-state index contributed by atoms with van der Waals surface area (Å²) in [5.74, 6) is 6.63. The molecule has 0 spiro atoms. The van der Waals surface area contributed by atoms with Gasteiger partial charge in [-0.2, -0.15) is 0 Å². The van der Waals surface area contributed by atoms with Crippen LogP contribution in [0.3, 0.4) is 0 Å². The van der Waals surface area contributed by atoms with Gasteiger partial charge in [-0.05, 0) is 0 Å². The molecule has 0 saturated heterocycles. The number of hydrogen-bond donors (Lipinski definition) is 0. The van der Waals surface area contributed by atoms with Gasteiger partial charge in [0.2, 0.25) is 0 Å². The Morgan fingerprint density at radius 2 is 2.14 bits per heavy atom. The Balaban J connectivity index is 2.91. The predicted molar refractivity (Wildman–Crippen MR) is 35.1 cm³/mol. The average molecular weight is 113 g/mol. The first kappa shape index (κ1) is 6.91. The lowest BCUT2D eigenvalue weighted by Crippen LogP contribution is -1.65. The van der Waals surface area contributed by atoms with Crippen molar-refractivity contribution in [2.24, 2.45) is 0 Å². The van der Waals surface area contributed by atoms with Crippen molar-refractivity contribution in [2.45, 2.75) is 19.8 Å². The molecule has 0 aromatic rings. The van der Waals surface area contributed by atoms with E-state index in [4.69, 9.17) is 0 Å². The Kier molecular flexibility index (Phi) is 5.83. The van der Waals surface area contributed by atoms with Gasteiger partial charge in [-0.1, -0.05) is 19.6 Å². The summed E-state index contributed by atoms with van der Waals surface area (Å²) in [6, 6.07) is 0. The molecule has 0 nitrogen and oxygen atoms in total. The first-order valence-corrected chi connectivity index (χ1v) is 3.03. The molecule has 0 saturated carbocycles. The fraction of sp³-hybridized carbons (Fsp3) is 0.667. The molecule has 0 aliphatic carbocycles. The highest BCUT2D eigenvalue weighted by Crippen LogP contribution is 1.79. The molecule has 0 aliphatic heterocycles. The second kappa shape index (κ2) is 5.91. The third kappa shape index (κ3) is 5.91. The van der Waals surface area contributed by atoms with Crippen LogP contribution in [0.5, 0.6) is 0 Å². The van der Waals surface area contributed by atoms with E-state index in [0.29, 0.717) is 0 Å². The summed E-state index contributed by atoms with van der Waals surface area (Å²) < 4.78 is 0. The lowest BCUT2D eigenvalue weighted by Gasteiger charge is -1.72. The van der Waals surface area contributed by atoms with Gasteiger partial charge in [0.25, 0.3) is 0 Å². The van der Waals surface area contributed by atoms with Crippen molar-refractivity contribution in [1.82, 2.24) is 0 Å². The molecule has 0 heterocycles. The van der Waals surface area contributed by atoms with E-state index in [-0.39, 0.29) is 0 Å². The van der Waals surface area contributed by atoms with Gasteiger partial charge in [0, 0.05) is 18.6 Å². The highest BCUT2D eigenvalue weighted by atomic mass is 32.1. The second-order valence-electron chi connectivity index (χ2n) is 1.16. The molecule has 0 amide bonds. The summed E-state index contributed by atoms with van der Waals surface area (Å²) >= 11 is 4.66. The zero-order valence-corrected chi connectivity index (χ0v) is 5.35. The first-order valence-electron chi connectivity index (χ1n) is 2.45. The van der Waals surface area contributed by atoms with Gasteiger partial charge in [0.15, 0.2) is 0 Å². The molecule has 0 aromatic heterocycles. The smallest absolute Gasteiger partial charge is 0.0188 e. The molecule has 0 unspecified atom stereocenters. The Bertz CT molecular complexity index is 75.9. The largest absolute Gasteiger partial charge is 0.104 e. The van der Waals surface area contributed by atoms with Gasteiger partial charge in [-0.25, -0.2) is 0 Å². The summed E-state index contributed by atoms with van der Waals surface area (Å²) in [7, 11) is 0. The van der Waals surface area contributed by atoms with Gasteiger partial charge in [-0.3, -0.25) is 0 Å². The minimum absolute atomic E-state index is 0.771. The van der Waals surface area contributed by atoms with E-state index >= 15 is 0 Å². The lowest BCUT2D eigenvalue weighted by atomic mass is 10.4. The monoisotopic (exact) mass is 113 g/mol. The normalized spacial score (nSPS) is 7.14. The molecule has 1 heteroatoms. The van der Waals surface area contributed by atoms with Crippen LogP contribution in [0.25, 0.3) is 0 Å².